The van der Waals surface area contributed by atoms with Crippen molar-refractivity contribution >= 4 is 37.7 Å². The number of halogens is 1. The van der Waals surface area contributed by atoms with Gasteiger partial charge in [0.15, 0.2) is 0 Å². The van der Waals surface area contributed by atoms with Gasteiger partial charge in [0.25, 0.3) is 0 Å². The van der Waals surface area contributed by atoms with Crippen LogP contribution >= 0.6 is 15.9 Å². The van der Waals surface area contributed by atoms with Gasteiger partial charge in [-0.3, -0.25) is 0 Å². The van der Waals surface area contributed by atoms with Crippen LogP contribution in [0, 0.1) is 0 Å². The van der Waals surface area contributed by atoms with Crippen LogP contribution in [0.3, 0.4) is 0 Å². The molecule has 124 valence electrons. The van der Waals surface area contributed by atoms with Crippen molar-refractivity contribution in [2.45, 2.75) is 0 Å². The summed E-state index contributed by atoms with van der Waals surface area (Å²) in [7, 11) is 0. The van der Waals surface area contributed by atoms with E-state index in [0.29, 0.717) is 0 Å². The fourth-order valence-electron chi connectivity index (χ4n) is 3.67. The Morgan fingerprint density at radius 1 is 0.538 bits per heavy atom. The summed E-state index contributed by atoms with van der Waals surface area (Å²) in [6.07, 6.45) is 0. The van der Waals surface area contributed by atoms with Crippen LogP contribution < -0.4 is 0 Å². The molecule has 0 spiro atoms. The lowest BCUT2D eigenvalue weighted by molar-refractivity contribution is 1.18. The molecule has 0 aliphatic carbocycles. The lowest BCUT2D eigenvalue weighted by atomic mass is 10.1. The molecule has 0 unspecified atom stereocenters. The average molecular weight is 398 g/mol. The Labute approximate surface area is 160 Å². The van der Waals surface area contributed by atoms with E-state index in [0.717, 1.165) is 4.47 Å². The smallest absolute Gasteiger partial charge is 0.0541 e. The standard InChI is InChI=1S/C24H16BrN/c25-19-14-12-17(13-15-19)18-6-5-7-20(16-18)26-23-10-3-1-8-21(23)22-9-2-4-11-24(22)26/h1-16H. The Morgan fingerprint density at radius 2 is 1.15 bits per heavy atom. The summed E-state index contributed by atoms with van der Waals surface area (Å²) < 4.78 is 3.45. The van der Waals surface area contributed by atoms with Crippen molar-refractivity contribution in [2.75, 3.05) is 0 Å². The molecular weight excluding hydrogens is 382 g/mol. The van der Waals surface area contributed by atoms with Crippen molar-refractivity contribution in [3.05, 3.63) is 102 Å². The summed E-state index contributed by atoms with van der Waals surface area (Å²) in [6, 6.07) is 34.4. The molecule has 0 amide bonds. The topological polar surface area (TPSA) is 4.93 Å². The van der Waals surface area contributed by atoms with E-state index in [4.69, 9.17) is 0 Å². The highest BCUT2D eigenvalue weighted by atomic mass is 79.9. The molecular formula is C24H16BrN. The van der Waals surface area contributed by atoms with Crippen LogP contribution in [0.25, 0.3) is 38.6 Å². The van der Waals surface area contributed by atoms with Gasteiger partial charge in [0.2, 0.25) is 0 Å². The first-order valence-electron chi connectivity index (χ1n) is 8.66. The normalized spacial score (nSPS) is 11.3. The summed E-state index contributed by atoms with van der Waals surface area (Å²) in [4.78, 5) is 0. The molecule has 26 heavy (non-hydrogen) atoms. The molecule has 0 radical (unpaired) electrons. The highest BCUT2D eigenvalue weighted by molar-refractivity contribution is 9.10. The number of fused-ring (bicyclic) bond motifs is 3. The minimum absolute atomic E-state index is 1.10. The first-order chi connectivity index (χ1) is 12.8. The number of rotatable bonds is 2. The largest absolute Gasteiger partial charge is 0.309 e. The van der Waals surface area contributed by atoms with Crippen molar-refractivity contribution in [1.82, 2.24) is 4.57 Å². The third-order valence-electron chi connectivity index (χ3n) is 4.86. The number of hydrogen-bond donors (Lipinski definition) is 0. The maximum Gasteiger partial charge on any atom is 0.0541 e. The van der Waals surface area contributed by atoms with E-state index in [1.807, 2.05) is 0 Å². The summed E-state index contributed by atoms with van der Waals surface area (Å²) in [5.74, 6) is 0. The molecule has 1 heterocycles. The minimum atomic E-state index is 1.10. The lowest BCUT2D eigenvalue weighted by Crippen LogP contribution is -1.94. The molecule has 5 rings (SSSR count). The second-order valence-corrected chi connectivity index (χ2v) is 7.34. The lowest BCUT2D eigenvalue weighted by Gasteiger charge is -2.10. The highest BCUT2D eigenvalue weighted by Gasteiger charge is 2.11. The SMILES string of the molecule is Brc1ccc(-c2cccc(-n3c4ccccc4c4ccccc43)c2)cc1. The predicted octanol–water partition coefficient (Wildman–Crippen LogP) is 7.21. The van der Waals surface area contributed by atoms with Crippen LogP contribution in [0.1, 0.15) is 0 Å². The quantitative estimate of drug-likeness (QED) is 0.296. The van der Waals surface area contributed by atoms with Crippen molar-refractivity contribution in [3.63, 3.8) is 0 Å². The van der Waals surface area contributed by atoms with Crippen LogP contribution in [-0.2, 0) is 0 Å². The van der Waals surface area contributed by atoms with Crippen molar-refractivity contribution in [2.24, 2.45) is 0 Å². The first-order valence-corrected chi connectivity index (χ1v) is 9.45. The van der Waals surface area contributed by atoms with Gasteiger partial charge in [0.1, 0.15) is 0 Å². The summed E-state index contributed by atoms with van der Waals surface area (Å²) >= 11 is 3.51. The van der Waals surface area contributed by atoms with Crippen molar-refractivity contribution < 1.29 is 0 Å². The maximum atomic E-state index is 3.51. The minimum Gasteiger partial charge on any atom is -0.309 e. The molecule has 1 aromatic heterocycles. The number of aromatic nitrogens is 1. The summed E-state index contributed by atoms with van der Waals surface area (Å²) in [6.45, 7) is 0. The Hall–Kier alpha value is -2.84. The fourth-order valence-corrected chi connectivity index (χ4v) is 3.93. The van der Waals surface area contributed by atoms with E-state index in [1.54, 1.807) is 0 Å². The second-order valence-electron chi connectivity index (χ2n) is 6.43. The Kier molecular flexibility index (Phi) is 3.65. The van der Waals surface area contributed by atoms with Gasteiger partial charge >= 0.3 is 0 Å². The molecule has 0 fully saturated rings. The molecule has 5 aromatic rings. The third-order valence-corrected chi connectivity index (χ3v) is 5.39. The third kappa shape index (κ3) is 2.46. The molecule has 1 nitrogen and oxygen atoms in total. The van der Waals surface area contributed by atoms with E-state index in [9.17, 15) is 0 Å². The van der Waals surface area contributed by atoms with E-state index in [1.165, 1.54) is 38.6 Å². The van der Waals surface area contributed by atoms with Gasteiger partial charge in [0.05, 0.1) is 11.0 Å². The monoisotopic (exact) mass is 397 g/mol. The zero-order valence-electron chi connectivity index (χ0n) is 14.1. The molecule has 0 aliphatic rings. The van der Waals surface area contributed by atoms with E-state index < -0.39 is 0 Å². The molecule has 0 N–H and O–H groups in total. The predicted molar refractivity (Wildman–Crippen MR) is 114 cm³/mol. The zero-order chi connectivity index (χ0) is 17.5. The van der Waals surface area contributed by atoms with E-state index >= 15 is 0 Å². The summed E-state index contributed by atoms with van der Waals surface area (Å²) in [5.41, 5.74) is 6.10. The molecule has 0 saturated carbocycles. The van der Waals surface area contributed by atoms with Crippen molar-refractivity contribution in [3.8, 4) is 16.8 Å². The number of benzene rings is 4. The van der Waals surface area contributed by atoms with Gasteiger partial charge in [0, 0.05) is 20.9 Å². The molecule has 0 saturated heterocycles. The van der Waals surface area contributed by atoms with Crippen molar-refractivity contribution in [1.29, 1.82) is 0 Å². The van der Waals surface area contributed by atoms with Gasteiger partial charge in [-0.1, -0.05) is 76.6 Å². The number of nitrogens with zero attached hydrogens (tertiary/aromatic N) is 1. The molecule has 0 aliphatic heterocycles. The Balaban J connectivity index is 1.78. The summed E-state index contributed by atoms with van der Waals surface area (Å²) in [5, 5.41) is 2.58. The van der Waals surface area contributed by atoms with E-state index in [-0.39, 0.29) is 0 Å². The fraction of sp³-hybridized carbons (Fsp3) is 0. The Morgan fingerprint density at radius 3 is 1.81 bits per heavy atom. The van der Waals surface area contributed by atoms with Gasteiger partial charge < -0.3 is 4.57 Å². The maximum absolute atomic E-state index is 3.51. The number of para-hydroxylation sites is 2. The van der Waals surface area contributed by atoms with Crippen LogP contribution in [0.15, 0.2) is 102 Å². The van der Waals surface area contributed by atoms with E-state index in [2.05, 4.69) is 118 Å². The molecule has 4 aromatic carbocycles. The van der Waals surface area contributed by atoms with Crippen LogP contribution in [0.4, 0.5) is 0 Å². The van der Waals surface area contributed by atoms with Crippen LogP contribution in [0.2, 0.25) is 0 Å². The van der Waals surface area contributed by atoms with Gasteiger partial charge in [-0.15, -0.1) is 0 Å². The average Bonchev–Trinajstić information content (AvgIpc) is 3.03. The van der Waals surface area contributed by atoms with Gasteiger partial charge in [-0.25, -0.2) is 0 Å². The molecule has 0 atom stereocenters. The second kappa shape index (κ2) is 6.15. The molecule has 2 heteroatoms. The first kappa shape index (κ1) is 15.4. The van der Waals surface area contributed by atoms with Crippen LogP contribution in [-0.4, -0.2) is 4.57 Å². The van der Waals surface area contributed by atoms with Gasteiger partial charge in [-0.05, 0) is 47.5 Å². The van der Waals surface area contributed by atoms with Crippen LogP contribution in [0.5, 0.6) is 0 Å². The molecule has 0 bridgehead atoms. The Bertz CT molecular complexity index is 1180. The zero-order valence-corrected chi connectivity index (χ0v) is 15.6. The highest BCUT2D eigenvalue weighted by Crippen LogP contribution is 2.33. The number of hydrogen-bond acceptors (Lipinski definition) is 0. The van der Waals surface area contributed by atoms with Gasteiger partial charge in [-0.2, -0.15) is 0 Å².